The number of amides is 1. The molecular weight excluding hydrogens is 296 g/mol. The molecule has 0 aliphatic rings. The van der Waals surface area contributed by atoms with Gasteiger partial charge in [0.25, 0.3) is 0 Å². The Bertz CT molecular complexity index is 627. The fourth-order valence-corrected chi connectivity index (χ4v) is 2.50. The Labute approximate surface area is 138 Å². The van der Waals surface area contributed by atoms with E-state index in [1.54, 1.807) is 0 Å². The highest BCUT2D eigenvalue weighted by Gasteiger charge is 2.17. The molecule has 0 aromatic heterocycles. The van der Waals surface area contributed by atoms with Gasteiger partial charge in [-0.2, -0.15) is 0 Å². The van der Waals surface area contributed by atoms with Gasteiger partial charge in [-0.1, -0.05) is 50.2 Å². The van der Waals surface area contributed by atoms with Crippen molar-refractivity contribution in [3.63, 3.8) is 0 Å². The first-order valence-corrected chi connectivity index (χ1v) is 7.52. The third-order valence-corrected chi connectivity index (χ3v) is 3.69. The van der Waals surface area contributed by atoms with Crippen LogP contribution >= 0.6 is 12.4 Å². The van der Waals surface area contributed by atoms with Crippen molar-refractivity contribution in [2.45, 2.75) is 39.3 Å². The van der Waals surface area contributed by atoms with E-state index in [9.17, 15) is 4.79 Å². The standard InChI is InChI=1S/C18H24N2O.ClH/c1-12(2)10-17(19)18(21)20-13(3)15-9-8-14-6-4-5-7-16(14)11-15;/h4-9,11-13,17H,10,19H2,1-3H3,(H,20,21);1H/t13?,17-;/m0./s1. The normalized spacial score (nSPS) is 13.5. The van der Waals surface area contributed by atoms with Crippen LogP contribution in [0.2, 0.25) is 0 Å². The molecule has 2 rings (SSSR count). The van der Waals surface area contributed by atoms with E-state index in [4.69, 9.17) is 5.73 Å². The fraction of sp³-hybridized carbons (Fsp3) is 0.389. The minimum Gasteiger partial charge on any atom is -0.348 e. The van der Waals surface area contributed by atoms with Gasteiger partial charge >= 0.3 is 0 Å². The van der Waals surface area contributed by atoms with Crippen molar-refractivity contribution >= 4 is 29.1 Å². The zero-order valence-corrected chi connectivity index (χ0v) is 14.2. The summed E-state index contributed by atoms with van der Waals surface area (Å²) in [5, 5.41) is 5.39. The van der Waals surface area contributed by atoms with Crippen molar-refractivity contribution in [2.24, 2.45) is 11.7 Å². The molecule has 0 fully saturated rings. The summed E-state index contributed by atoms with van der Waals surface area (Å²) < 4.78 is 0. The first kappa shape index (κ1) is 18.5. The number of rotatable bonds is 5. The Morgan fingerprint density at radius 3 is 2.36 bits per heavy atom. The highest BCUT2D eigenvalue weighted by Crippen LogP contribution is 2.20. The summed E-state index contributed by atoms with van der Waals surface area (Å²) >= 11 is 0. The lowest BCUT2D eigenvalue weighted by Gasteiger charge is -2.19. The van der Waals surface area contributed by atoms with E-state index >= 15 is 0 Å². The van der Waals surface area contributed by atoms with E-state index in [-0.39, 0.29) is 24.4 Å². The van der Waals surface area contributed by atoms with Crippen LogP contribution in [0, 0.1) is 5.92 Å². The Morgan fingerprint density at radius 2 is 1.73 bits per heavy atom. The van der Waals surface area contributed by atoms with Gasteiger partial charge in [-0.25, -0.2) is 0 Å². The van der Waals surface area contributed by atoms with Gasteiger partial charge in [-0.05, 0) is 41.7 Å². The van der Waals surface area contributed by atoms with Crippen molar-refractivity contribution < 1.29 is 4.79 Å². The second-order valence-electron chi connectivity index (χ2n) is 6.07. The van der Waals surface area contributed by atoms with E-state index in [2.05, 4.69) is 49.5 Å². The molecule has 2 aromatic carbocycles. The lowest BCUT2D eigenvalue weighted by Crippen LogP contribution is -2.42. The van der Waals surface area contributed by atoms with E-state index in [1.807, 2.05) is 19.1 Å². The second kappa shape index (κ2) is 8.16. The third kappa shape index (κ3) is 4.72. The zero-order valence-electron chi connectivity index (χ0n) is 13.4. The average molecular weight is 321 g/mol. The van der Waals surface area contributed by atoms with Gasteiger partial charge in [0.15, 0.2) is 0 Å². The topological polar surface area (TPSA) is 55.1 Å². The minimum absolute atomic E-state index is 0. The van der Waals surface area contributed by atoms with Crippen molar-refractivity contribution in [2.75, 3.05) is 0 Å². The highest BCUT2D eigenvalue weighted by atomic mass is 35.5. The van der Waals surface area contributed by atoms with Crippen LogP contribution in [0.3, 0.4) is 0 Å². The third-order valence-electron chi connectivity index (χ3n) is 3.69. The first-order chi connectivity index (χ1) is 9.97. The monoisotopic (exact) mass is 320 g/mol. The smallest absolute Gasteiger partial charge is 0.237 e. The van der Waals surface area contributed by atoms with Crippen molar-refractivity contribution in [3.05, 3.63) is 48.0 Å². The molecule has 0 radical (unpaired) electrons. The van der Waals surface area contributed by atoms with Gasteiger partial charge in [-0.15, -0.1) is 12.4 Å². The van der Waals surface area contributed by atoms with E-state index < -0.39 is 6.04 Å². The van der Waals surface area contributed by atoms with Crippen molar-refractivity contribution in [1.29, 1.82) is 0 Å². The Hall–Kier alpha value is -1.58. The summed E-state index contributed by atoms with van der Waals surface area (Å²) in [6.07, 6.45) is 0.705. The number of nitrogens with one attached hydrogen (secondary N) is 1. The van der Waals surface area contributed by atoms with E-state index in [0.29, 0.717) is 12.3 Å². The summed E-state index contributed by atoms with van der Waals surface area (Å²) in [6, 6.07) is 14.0. The maximum atomic E-state index is 12.1. The molecule has 2 atom stereocenters. The quantitative estimate of drug-likeness (QED) is 0.880. The summed E-state index contributed by atoms with van der Waals surface area (Å²) in [5.74, 6) is 0.339. The van der Waals surface area contributed by atoms with Crippen LogP contribution < -0.4 is 11.1 Å². The molecule has 120 valence electrons. The molecule has 1 amide bonds. The van der Waals surface area contributed by atoms with Crippen LogP contribution in [0.4, 0.5) is 0 Å². The number of carbonyl (C=O) groups excluding carboxylic acids is 1. The first-order valence-electron chi connectivity index (χ1n) is 7.52. The van der Waals surface area contributed by atoms with Gasteiger partial charge in [0, 0.05) is 0 Å². The summed E-state index contributed by atoms with van der Waals surface area (Å²) in [7, 11) is 0. The molecule has 0 aliphatic carbocycles. The Morgan fingerprint density at radius 1 is 1.09 bits per heavy atom. The zero-order chi connectivity index (χ0) is 15.4. The maximum absolute atomic E-state index is 12.1. The van der Waals surface area contributed by atoms with Gasteiger partial charge in [0.2, 0.25) is 5.91 Å². The van der Waals surface area contributed by atoms with Gasteiger partial charge < -0.3 is 11.1 Å². The predicted molar refractivity (Wildman–Crippen MR) is 95.2 cm³/mol. The number of halogens is 1. The van der Waals surface area contributed by atoms with Crippen LogP contribution in [0.1, 0.15) is 38.8 Å². The largest absolute Gasteiger partial charge is 0.348 e. The maximum Gasteiger partial charge on any atom is 0.237 e. The van der Waals surface area contributed by atoms with Crippen LogP contribution in [-0.2, 0) is 4.79 Å². The molecule has 0 aliphatic heterocycles. The molecule has 4 heteroatoms. The number of hydrogen-bond donors (Lipinski definition) is 2. The lowest BCUT2D eigenvalue weighted by molar-refractivity contribution is -0.123. The van der Waals surface area contributed by atoms with E-state index in [1.165, 1.54) is 10.8 Å². The molecule has 22 heavy (non-hydrogen) atoms. The van der Waals surface area contributed by atoms with Crippen LogP contribution in [0.5, 0.6) is 0 Å². The highest BCUT2D eigenvalue weighted by molar-refractivity contribution is 5.85. The molecule has 0 bridgehead atoms. The molecule has 2 aromatic rings. The summed E-state index contributed by atoms with van der Waals surface area (Å²) in [4.78, 5) is 12.1. The number of fused-ring (bicyclic) bond motifs is 1. The molecule has 0 heterocycles. The SMILES string of the molecule is CC(C)C[C@H](N)C(=O)NC(C)c1ccc2ccccc2c1.Cl. The van der Waals surface area contributed by atoms with Crippen molar-refractivity contribution in [3.8, 4) is 0 Å². The summed E-state index contributed by atoms with van der Waals surface area (Å²) in [6.45, 7) is 6.13. The molecule has 0 saturated heterocycles. The number of nitrogens with two attached hydrogens (primary N) is 1. The fourth-order valence-electron chi connectivity index (χ4n) is 2.50. The van der Waals surface area contributed by atoms with Crippen molar-refractivity contribution in [1.82, 2.24) is 5.32 Å². The summed E-state index contributed by atoms with van der Waals surface area (Å²) in [5.41, 5.74) is 7.02. The molecule has 3 N–H and O–H groups in total. The van der Waals surface area contributed by atoms with Crippen LogP contribution in [0.25, 0.3) is 10.8 Å². The number of hydrogen-bond acceptors (Lipinski definition) is 2. The van der Waals surface area contributed by atoms with Gasteiger partial charge in [0.1, 0.15) is 0 Å². The number of benzene rings is 2. The van der Waals surface area contributed by atoms with Gasteiger partial charge in [-0.3, -0.25) is 4.79 Å². The molecule has 3 nitrogen and oxygen atoms in total. The van der Waals surface area contributed by atoms with Crippen LogP contribution in [-0.4, -0.2) is 11.9 Å². The minimum atomic E-state index is -0.437. The molecule has 1 unspecified atom stereocenters. The van der Waals surface area contributed by atoms with E-state index in [0.717, 1.165) is 5.56 Å². The molecule has 0 spiro atoms. The lowest BCUT2D eigenvalue weighted by atomic mass is 10.0. The number of carbonyl (C=O) groups is 1. The average Bonchev–Trinajstić information content (AvgIpc) is 2.45. The second-order valence-corrected chi connectivity index (χ2v) is 6.07. The Balaban J connectivity index is 0.00000242. The molecular formula is C18H25ClN2O. The molecule has 0 saturated carbocycles. The van der Waals surface area contributed by atoms with Gasteiger partial charge in [0.05, 0.1) is 12.1 Å². The Kier molecular flexibility index (Phi) is 6.85. The van der Waals surface area contributed by atoms with Crippen LogP contribution in [0.15, 0.2) is 42.5 Å². The predicted octanol–water partition coefficient (Wildman–Crippen LogP) is 3.81.